The molecule has 1 aromatic heterocycles. The van der Waals surface area contributed by atoms with Crippen LogP contribution in [-0.2, 0) is 11.2 Å². The van der Waals surface area contributed by atoms with Gasteiger partial charge >= 0.3 is 0 Å². The van der Waals surface area contributed by atoms with E-state index in [2.05, 4.69) is 34.7 Å². The molecule has 0 aliphatic carbocycles. The first-order chi connectivity index (χ1) is 10.4. The van der Waals surface area contributed by atoms with Crippen molar-refractivity contribution in [1.82, 2.24) is 10.2 Å². The summed E-state index contributed by atoms with van der Waals surface area (Å²) in [5, 5.41) is 14.4. The Balaban J connectivity index is 2.05. The van der Waals surface area contributed by atoms with Crippen molar-refractivity contribution in [3.05, 3.63) is 21.9 Å². The van der Waals surface area contributed by atoms with Crippen molar-refractivity contribution in [3.8, 4) is 6.07 Å². The molecule has 1 amide bonds. The first-order valence-corrected chi connectivity index (χ1v) is 8.81. The van der Waals surface area contributed by atoms with Crippen LogP contribution in [-0.4, -0.2) is 29.4 Å². The molecular formula is C17H25N3OS. The van der Waals surface area contributed by atoms with Crippen molar-refractivity contribution < 1.29 is 4.79 Å². The van der Waals surface area contributed by atoms with Crippen molar-refractivity contribution in [1.29, 1.82) is 5.26 Å². The van der Waals surface area contributed by atoms with Gasteiger partial charge in [0.2, 0.25) is 5.91 Å². The van der Waals surface area contributed by atoms with E-state index < -0.39 is 5.54 Å². The number of nitrogens with zero attached hydrogens (tertiary/aromatic N) is 2. The summed E-state index contributed by atoms with van der Waals surface area (Å²) in [6.45, 7) is 9.13. The Hall–Kier alpha value is -1.38. The summed E-state index contributed by atoms with van der Waals surface area (Å²) in [5.41, 5.74) is 0.570. The number of carbonyl (C=O) groups is 1. The number of carbonyl (C=O) groups excluding carboxylic acids is 1. The minimum atomic E-state index is -0.803. The molecule has 1 N–H and O–H groups in total. The van der Waals surface area contributed by atoms with Crippen molar-refractivity contribution in [2.75, 3.05) is 13.1 Å². The predicted molar refractivity (Wildman–Crippen MR) is 89.6 cm³/mol. The Kier molecular flexibility index (Phi) is 5.25. The molecule has 22 heavy (non-hydrogen) atoms. The molecule has 1 aliphatic rings. The lowest BCUT2D eigenvalue weighted by molar-refractivity contribution is -0.124. The van der Waals surface area contributed by atoms with Gasteiger partial charge in [0.05, 0.1) is 12.6 Å². The van der Waals surface area contributed by atoms with Gasteiger partial charge in [-0.2, -0.15) is 5.26 Å². The van der Waals surface area contributed by atoms with Crippen LogP contribution in [0.1, 0.15) is 50.6 Å². The summed E-state index contributed by atoms with van der Waals surface area (Å²) in [6.07, 6.45) is 2.01. The molecule has 0 saturated carbocycles. The number of nitrogens with one attached hydrogen (secondary N) is 1. The molecule has 0 bridgehead atoms. The van der Waals surface area contributed by atoms with Gasteiger partial charge in [-0.1, -0.05) is 20.8 Å². The van der Waals surface area contributed by atoms with E-state index in [-0.39, 0.29) is 11.8 Å². The Morgan fingerprint density at radius 1 is 1.64 bits per heavy atom. The van der Waals surface area contributed by atoms with Crippen LogP contribution in [0.3, 0.4) is 0 Å². The summed E-state index contributed by atoms with van der Waals surface area (Å²) in [7, 11) is 0. The van der Waals surface area contributed by atoms with E-state index in [1.165, 1.54) is 10.4 Å². The van der Waals surface area contributed by atoms with Crippen molar-refractivity contribution in [3.63, 3.8) is 0 Å². The van der Waals surface area contributed by atoms with Gasteiger partial charge in [0, 0.05) is 17.5 Å². The van der Waals surface area contributed by atoms with Crippen LogP contribution < -0.4 is 5.32 Å². The van der Waals surface area contributed by atoms with Gasteiger partial charge in [-0.3, -0.25) is 9.69 Å². The number of hydrogen-bond donors (Lipinski definition) is 1. The highest BCUT2D eigenvalue weighted by molar-refractivity contribution is 7.10. The van der Waals surface area contributed by atoms with Crippen LogP contribution in [0.5, 0.6) is 0 Å². The van der Waals surface area contributed by atoms with E-state index in [1.807, 2.05) is 25.2 Å². The minimum Gasteiger partial charge on any atom is -0.337 e. The van der Waals surface area contributed by atoms with E-state index >= 15 is 0 Å². The molecule has 1 aliphatic heterocycles. The van der Waals surface area contributed by atoms with E-state index in [0.29, 0.717) is 12.6 Å². The second kappa shape index (κ2) is 6.80. The zero-order chi connectivity index (χ0) is 16.3. The topological polar surface area (TPSA) is 56.1 Å². The molecular weight excluding hydrogens is 294 g/mol. The minimum absolute atomic E-state index is 0.0603. The van der Waals surface area contributed by atoms with E-state index in [9.17, 15) is 10.1 Å². The number of fused-ring (bicyclic) bond motifs is 1. The lowest BCUT2D eigenvalue weighted by Crippen LogP contribution is -2.52. The van der Waals surface area contributed by atoms with Gasteiger partial charge in [0.25, 0.3) is 0 Å². The standard InChI is InChI=1S/C17H25N3OS/c1-5-14-13-7-9-22-15(13)6-8-20(14)10-16(21)19-17(4,11-18)12(2)3/h7,9,12,14H,5-6,8,10H2,1-4H3,(H,19,21). The van der Waals surface area contributed by atoms with Crippen LogP contribution >= 0.6 is 11.3 Å². The Labute approximate surface area is 137 Å². The molecule has 4 nitrogen and oxygen atoms in total. The van der Waals surface area contributed by atoms with Crippen LogP contribution in [0.25, 0.3) is 0 Å². The number of nitriles is 1. The fraction of sp³-hybridized carbons (Fsp3) is 0.647. The van der Waals surface area contributed by atoms with Crippen LogP contribution in [0, 0.1) is 17.2 Å². The smallest absolute Gasteiger partial charge is 0.235 e. The fourth-order valence-electron chi connectivity index (χ4n) is 2.93. The second-order valence-corrected chi connectivity index (χ2v) is 7.46. The molecule has 0 spiro atoms. The zero-order valence-electron chi connectivity index (χ0n) is 13.8. The molecule has 0 aromatic carbocycles. The summed E-state index contributed by atoms with van der Waals surface area (Å²) >= 11 is 1.81. The first-order valence-electron chi connectivity index (χ1n) is 7.93. The third-order valence-corrected chi connectivity index (χ3v) is 5.72. The summed E-state index contributed by atoms with van der Waals surface area (Å²) in [5.74, 6) is 0.0168. The fourth-order valence-corrected chi connectivity index (χ4v) is 3.86. The van der Waals surface area contributed by atoms with Gasteiger partial charge in [-0.25, -0.2) is 0 Å². The largest absolute Gasteiger partial charge is 0.337 e. The maximum Gasteiger partial charge on any atom is 0.235 e. The summed E-state index contributed by atoms with van der Waals surface area (Å²) in [4.78, 5) is 16.1. The molecule has 2 atom stereocenters. The number of thiophene rings is 1. The Morgan fingerprint density at radius 2 is 2.36 bits per heavy atom. The molecule has 2 rings (SSSR count). The van der Waals surface area contributed by atoms with Gasteiger partial charge in [0.15, 0.2) is 0 Å². The second-order valence-electron chi connectivity index (χ2n) is 6.46. The maximum atomic E-state index is 12.4. The molecule has 1 aromatic rings. The lowest BCUT2D eigenvalue weighted by Gasteiger charge is -2.36. The summed E-state index contributed by atoms with van der Waals surface area (Å²) < 4.78 is 0. The van der Waals surface area contributed by atoms with Crippen LogP contribution in [0.2, 0.25) is 0 Å². The normalized spacial score (nSPS) is 21.0. The molecule has 2 heterocycles. The van der Waals surface area contributed by atoms with Crippen molar-refractivity contribution in [2.45, 2.75) is 52.1 Å². The van der Waals surface area contributed by atoms with Gasteiger partial charge in [-0.05, 0) is 42.7 Å². The first kappa shape index (κ1) is 17.0. The predicted octanol–water partition coefficient (Wildman–Crippen LogP) is 3.11. The van der Waals surface area contributed by atoms with E-state index in [0.717, 1.165) is 19.4 Å². The Morgan fingerprint density at radius 3 is 2.95 bits per heavy atom. The van der Waals surface area contributed by atoms with Gasteiger partial charge in [-0.15, -0.1) is 11.3 Å². The van der Waals surface area contributed by atoms with Gasteiger partial charge < -0.3 is 5.32 Å². The number of hydrogen-bond acceptors (Lipinski definition) is 4. The average molecular weight is 319 g/mol. The SMILES string of the molecule is CCC1c2ccsc2CCN1CC(=O)NC(C)(C#N)C(C)C. The monoisotopic (exact) mass is 319 g/mol. The molecule has 5 heteroatoms. The average Bonchev–Trinajstić information content (AvgIpc) is 2.95. The molecule has 0 fully saturated rings. The van der Waals surface area contributed by atoms with Crippen LogP contribution in [0.4, 0.5) is 0 Å². The highest BCUT2D eigenvalue weighted by Crippen LogP contribution is 2.34. The van der Waals surface area contributed by atoms with Crippen molar-refractivity contribution >= 4 is 17.2 Å². The quantitative estimate of drug-likeness (QED) is 0.907. The third kappa shape index (κ3) is 3.34. The molecule has 0 radical (unpaired) electrons. The highest BCUT2D eigenvalue weighted by Gasteiger charge is 2.33. The number of rotatable bonds is 5. The van der Waals surface area contributed by atoms with Crippen LogP contribution in [0.15, 0.2) is 11.4 Å². The number of amides is 1. The van der Waals surface area contributed by atoms with E-state index in [4.69, 9.17) is 0 Å². The highest BCUT2D eigenvalue weighted by atomic mass is 32.1. The maximum absolute atomic E-state index is 12.4. The van der Waals surface area contributed by atoms with E-state index in [1.54, 1.807) is 6.92 Å². The third-order valence-electron chi connectivity index (χ3n) is 4.73. The summed E-state index contributed by atoms with van der Waals surface area (Å²) in [6, 6.07) is 4.73. The van der Waals surface area contributed by atoms with Gasteiger partial charge in [0.1, 0.15) is 5.54 Å². The molecule has 120 valence electrons. The molecule has 0 saturated heterocycles. The zero-order valence-corrected chi connectivity index (χ0v) is 14.7. The lowest BCUT2D eigenvalue weighted by atomic mass is 9.90. The van der Waals surface area contributed by atoms with Crippen molar-refractivity contribution in [2.24, 2.45) is 5.92 Å². The molecule has 2 unspecified atom stereocenters. The Bertz CT molecular complexity index is 575.